The van der Waals surface area contributed by atoms with Crippen molar-refractivity contribution in [3.05, 3.63) is 107 Å². The maximum Gasteiger partial charge on any atom is 0.180 e. The van der Waals surface area contributed by atoms with Gasteiger partial charge in [-0.3, -0.25) is 9.80 Å². The van der Waals surface area contributed by atoms with E-state index in [-0.39, 0.29) is 0 Å². The zero-order chi connectivity index (χ0) is 42.0. The van der Waals surface area contributed by atoms with Crippen molar-refractivity contribution >= 4 is 56.9 Å². The molecular weight excluding hydrogens is 815 g/mol. The number of pyridine rings is 2. The Bertz CT molecular complexity index is 2470. The number of benzene rings is 3. The highest BCUT2D eigenvalue weighted by Gasteiger charge is 2.18. The lowest BCUT2D eigenvalue weighted by molar-refractivity contribution is 0.0321. The van der Waals surface area contributed by atoms with E-state index >= 15 is 0 Å². The Morgan fingerprint density at radius 1 is 0.672 bits per heavy atom. The topological polar surface area (TPSA) is 142 Å². The summed E-state index contributed by atoms with van der Waals surface area (Å²) in [7, 11) is 3.85. The Hall–Kier alpha value is -5.48. The Labute approximate surface area is 365 Å². The average Bonchev–Trinajstić information content (AvgIpc) is 3.93. The molecule has 0 atom stereocenters. The van der Waals surface area contributed by atoms with E-state index in [9.17, 15) is 0 Å². The van der Waals surface area contributed by atoms with Crippen LogP contribution in [0.4, 0.5) is 11.4 Å². The van der Waals surface area contributed by atoms with E-state index in [4.69, 9.17) is 47.1 Å². The second-order valence-electron chi connectivity index (χ2n) is 14.7. The number of rotatable bonds is 14. The van der Waals surface area contributed by atoms with Crippen LogP contribution in [0, 0.1) is 0 Å². The highest BCUT2D eigenvalue weighted by Crippen LogP contribution is 2.34. The van der Waals surface area contributed by atoms with Gasteiger partial charge in [-0.15, -0.1) is 0 Å². The van der Waals surface area contributed by atoms with Crippen LogP contribution in [0.15, 0.2) is 91.3 Å². The zero-order valence-corrected chi connectivity index (χ0v) is 35.9. The number of fused-ring (bicyclic) bond motifs is 2. The Morgan fingerprint density at radius 3 is 1.69 bits per heavy atom. The van der Waals surface area contributed by atoms with Gasteiger partial charge < -0.3 is 39.1 Å². The standard InChI is InChI=1S/C26H28ClN5O2.C19H22ClN5O2/c1-31(18-19-5-3-2-4-6-19)24-22(27)17-28-26-23(24)29-25(30-26)20-7-9-21(10-8-20)34-16-13-32-11-14-33-15-12-32;1-21-16-15(20)12-22-19-17(16)23-18(24-19)13-2-4-14(5-3-13)27-11-8-25-6-9-26-10-7-25/h2-10,17H,11-16,18H2,1H3,(H,28,29,30);2-5,12H,6-11H2,1H3,(H2,21,22,23,24). The summed E-state index contributed by atoms with van der Waals surface area (Å²) in [4.78, 5) is 31.6. The lowest BCUT2D eigenvalue weighted by Crippen LogP contribution is -2.38. The van der Waals surface area contributed by atoms with E-state index in [0.717, 1.165) is 129 Å². The van der Waals surface area contributed by atoms with Crippen LogP contribution < -0.4 is 19.7 Å². The smallest absolute Gasteiger partial charge is 0.180 e. The van der Waals surface area contributed by atoms with Crippen molar-refractivity contribution in [1.29, 1.82) is 0 Å². The van der Waals surface area contributed by atoms with E-state index in [1.807, 2.05) is 80.8 Å². The third-order valence-electron chi connectivity index (χ3n) is 10.6. The Balaban J connectivity index is 0.000000173. The summed E-state index contributed by atoms with van der Waals surface area (Å²) in [5, 5.41) is 4.23. The fraction of sp³-hybridized carbons (Fsp3) is 0.333. The monoisotopic (exact) mass is 864 g/mol. The fourth-order valence-corrected chi connectivity index (χ4v) is 7.86. The summed E-state index contributed by atoms with van der Waals surface area (Å²) in [6.07, 6.45) is 3.27. The minimum absolute atomic E-state index is 0.559. The normalized spacial score (nSPS) is 14.8. The number of aromatic nitrogens is 6. The second kappa shape index (κ2) is 20.4. The van der Waals surface area contributed by atoms with Crippen LogP contribution in [-0.2, 0) is 16.0 Å². The minimum Gasteiger partial charge on any atom is -0.492 e. The second-order valence-corrected chi connectivity index (χ2v) is 15.6. The van der Waals surface area contributed by atoms with E-state index < -0.39 is 0 Å². The molecule has 0 radical (unpaired) electrons. The first-order valence-corrected chi connectivity index (χ1v) is 21.3. The van der Waals surface area contributed by atoms with Gasteiger partial charge in [0.1, 0.15) is 47.4 Å². The number of ether oxygens (including phenoxy) is 4. The van der Waals surface area contributed by atoms with Gasteiger partial charge in [-0.05, 0) is 54.1 Å². The molecule has 16 heteroatoms. The molecule has 318 valence electrons. The van der Waals surface area contributed by atoms with Gasteiger partial charge in [-0.2, -0.15) is 0 Å². The number of morpholine rings is 2. The molecule has 2 saturated heterocycles. The van der Waals surface area contributed by atoms with Gasteiger partial charge in [0, 0.05) is 71.0 Å². The number of hydrogen-bond donors (Lipinski definition) is 3. The SMILES string of the molecule is CN(Cc1ccccc1)c1c(Cl)cnc2nc(-c3ccc(OCCN4CCOCC4)cc3)[nH]c12.CNc1c(Cl)cnc2nc(-c3ccc(OCCN4CCOCC4)cc3)[nH]c12. The molecule has 4 aromatic heterocycles. The summed E-state index contributed by atoms with van der Waals surface area (Å²) < 4.78 is 22.5. The molecule has 2 aliphatic rings. The molecule has 0 aliphatic carbocycles. The number of halogens is 2. The van der Waals surface area contributed by atoms with Crippen LogP contribution >= 0.6 is 23.2 Å². The van der Waals surface area contributed by atoms with Crippen LogP contribution in [-0.4, -0.2) is 133 Å². The quantitative estimate of drug-likeness (QED) is 0.0989. The zero-order valence-electron chi connectivity index (χ0n) is 34.4. The summed E-state index contributed by atoms with van der Waals surface area (Å²) in [6.45, 7) is 11.0. The molecule has 9 rings (SSSR count). The van der Waals surface area contributed by atoms with Crippen molar-refractivity contribution in [2.45, 2.75) is 6.54 Å². The summed E-state index contributed by atoms with van der Waals surface area (Å²) in [5.41, 5.74) is 7.70. The molecule has 0 amide bonds. The Kier molecular flexibility index (Phi) is 14.1. The van der Waals surface area contributed by atoms with Crippen molar-refractivity contribution < 1.29 is 18.9 Å². The van der Waals surface area contributed by atoms with Crippen molar-refractivity contribution in [2.24, 2.45) is 0 Å². The van der Waals surface area contributed by atoms with E-state index in [0.29, 0.717) is 34.6 Å². The van der Waals surface area contributed by atoms with Crippen molar-refractivity contribution in [1.82, 2.24) is 39.7 Å². The molecule has 2 aliphatic heterocycles. The molecule has 6 heterocycles. The maximum absolute atomic E-state index is 6.57. The lowest BCUT2D eigenvalue weighted by Gasteiger charge is -2.26. The van der Waals surface area contributed by atoms with Crippen molar-refractivity contribution in [2.75, 3.05) is 103 Å². The molecule has 0 unspecified atom stereocenters. The van der Waals surface area contributed by atoms with E-state index in [1.54, 1.807) is 12.4 Å². The van der Waals surface area contributed by atoms with Gasteiger partial charge in [0.2, 0.25) is 0 Å². The van der Waals surface area contributed by atoms with Crippen LogP contribution in [0.5, 0.6) is 11.5 Å². The summed E-state index contributed by atoms with van der Waals surface area (Å²) in [6, 6.07) is 26.2. The molecule has 2 fully saturated rings. The van der Waals surface area contributed by atoms with Gasteiger partial charge in [-0.25, -0.2) is 19.9 Å². The van der Waals surface area contributed by atoms with Gasteiger partial charge in [0.15, 0.2) is 11.3 Å². The fourth-order valence-electron chi connectivity index (χ4n) is 7.33. The first-order chi connectivity index (χ1) is 29.9. The largest absolute Gasteiger partial charge is 0.492 e. The number of anilines is 2. The predicted octanol–water partition coefficient (Wildman–Crippen LogP) is 7.66. The number of nitrogens with one attached hydrogen (secondary N) is 3. The van der Waals surface area contributed by atoms with Crippen LogP contribution in [0.1, 0.15) is 5.56 Å². The number of imidazole rings is 2. The number of aromatic amines is 2. The molecule has 3 N–H and O–H groups in total. The Morgan fingerprint density at radius 2 is 1.16 bits per heavy atom. The van der Waals surface area contributed by atoms with Crippen LogP contribution in [0.25, 0.3) is 45.1 Å². The predicted molar refractivity (Wildman–Crippen MR) is 242 cm³/mol. The third-order valence-corrected chi connectivity index (χ3v) is 11.2. The number of hydrogen-bond acceptors (Lipinski definition) is 12. The summed E-state index contributed by atoms with van der Waals surface area (Å²) in [5.74, 6) is 3.19. The van der Waals surface area contributed by atoms with Crippen LogP contribution in [0.2, 0.25) is 10.0 Å². The van der Waals surface area contributed by atoms with Gasteiger partial charge >= 0.3 is 0 Å². The molecule has 14 nitrogen and oxygen atoms in total. The highest BCUT2D eigenvalue weighted by atomic mass is 35.5. The highest BCUT2D eigenvalue weighted by molar-refractivity contribution is 6.34. The first-order valence-electron chi connectivity index (χ1n) is 20.5. The molecule has 0 saturated carbocycles. The molecular formula is C45H50Cl2N10O4. The number of nitrogens with zero attached hydrogens (tertiary/aromatic N) is 7. The van der Waals surface area contributed by atoms with Crippen molar-refractivity contribution in [3.63, 3.8) is 0 Å². The summed E-state index contributed by atoms with van der Waals surface area (Å²) >= 11 is 12.8. The molecule has 61 heavy (non-hydrogen) atoms. The van der Waals surface area contributed by atoms with E-state index in [2.05, 4.69) is 57.1 Å². The third kappa shape index (κ3) is 10.7. The van der Waals surface area contributed by atoms with Gasteiger partial charge in [0.25, 0.3) is 0 Å². The van der Waals surface area contributed by atoms with E-state index in [1.165, 1.54) is 5.56 Å². The van der Waals surface area contributed by atoms with Crippen molar-refractivity contribution in [3.8, 4) is 34.3 Å². The average molecular weight is 866 g/mol. The number of H-pyrrole nitrogens is 2. The molecule has 0 bridgehead atoms. The first kappa shape index (κ1) is 42.2. The minimum atomic E-state index is 0.559. The van der Waals surface area contributed by atoms with Gasteiger partial charge in [-0.1, -0.05) is 53.5 Å². The molecule has 3 aromatic carbocycles. The molecule has 7 aromatic rings. The maximum atomic E-state index is 6.57. The van der Waals surface area contributed by atoms with Gasteiger partial charge in [0.05, 0.1) is 60.2 Å². The van der Waals surface area contributed by atoms with Crippen LogP contribution in [0.3, 0.4) is 0 Å². The molecule has 0 spiro atoms. The lowest BCUT2D eigenvalue weighted by atomic mass is 10.2.